The Bertz CT molecular complexity index is 2650. The molecule has 0 saturated carbocycles. The van der Waals surface area contributed by atoms with Gasteiger partial charge in [-0.2, -0.15) is 0 Å². The van der Waals surface area contributed by atoms with Gasteiger partial charge in [-0.25, -0.2) is 0 Å². The van der Waals surface area contributed by atoms with Gasteiger partial charge < -0.3 is 18.6 Å². The Balaban J connectivity index is 0.692. The number of hydrogen-bond donors (Lipinski definition) is 0. The summed E-state index contributed by atoms with van der Waals surface area (Å²) in [4.78, 5) is 0. The van der Waals surface area contributed by atoms with Gasteiger partial charge in [-0.05, 0) is 135 Å². The van der Waals surface area contributed by atoms with Crippen LogP contribution in [0.1, 0.15) is 95.9 Å². The molecule has 2 aromatic heterocycles. The fourth-order valence-corrected chi connectivity index (χ4v) is 10.3. The third kappa shape index (κ3) is 9.62. The number of benzene rings is 7. The van der Waals surface area contributed by atoms with E-state index in [0.29, 0.717) is 0 Å². The van der Waals surface area contributed by atoms with Crippen molar-refractivity contribution < 1.29 is 9.47 Å². The largest absolute Gasteiger partial charge is 0.493 e. The lowest BCUT2D eigenvalue weighted by Gasteiger charge is -2.15. The highest BCUT2D eigenvalue weighted by atomic mass is 16.5. The quantitative estimate of drug-likeness (QED) is 0.0715. The standard InChI is InChI=1S/C60H64N2O2/c1-43-37-49(38-44(2)59(43)63-35-19-7-5-17-33-61-55-25-13-9-21-51(55)52-22-10-14-26-56(52)61)41-47-29-31-48(32-30-47)42-50-39-45(3)60(46(4)40-50)64-36-20-8-6-18-34-62-57-27-15-11-23-53(57)54-24-12-16-28-58(54)62/h9-16,21-32,37-40H,5-8,17-20,33-36,41-42H2,1-4H3. The van der Waals surface area contributed by atoms with Crippen LogP contribution in [0.25, 0.3) is 43.6 Å². The predicted octanol–water partition coefficient (Wildman–Crippen LogP) is 15.6. The van der Waals surface area contributed by atoms with Gasteiger partial charge in [-0.1, -0.05) is 147 Å². The van der Waals surface area contributed by atoms with Crippen LogP contribution in [0.4, 0.5) is 0 Å². The van der Waals surface area contributed by atoms with Gasteiger partial charge in [0.1, 0.15) is 11.5 Å². The van der Waals surface area contributed by atoms with E-state index in [2.05, 4.69) is 182 Å². The molecular formula is C60H64N2O2. The van der Waals surface area contributed by atoms with Gasteiger partial charge in [0, 0.05) is 56.7 Å². The topological polar surface area (TPSA) is 28.3 Å². The lowest BCUT2D eigenvalue weighted by Crippen LogP contribution is -2.03. The lowest BCUT2D eigenvalue weighted by atomic mass is 9.96. The van der Waals surface area contributed by atoms with Crippen molar-refractivity contribution in [3.63, 3.8) is 0 Å². The van der Waals surface area contributed by atoms with Crippen LogP contribution in [0.3, 0.4) is 0 Å². The lowest BCUT2D eigenvalue weighted by molar-refractivity contribution is 0.300. The second-order valence-corrected chi connectivity index (χ2v) is 18.2. The number of fused-ring (bicyclic) bond motifs is 6. The van der Waals surface area contributed by atoms with Crippen molar-refractivity contribution in [3.8, 4) is 11.5 Å². The molecule has 0 radical (unpaired) electrons. The first-order valence-electron chi connectivity index (χ1n) is 23.9. The molecule has 0 fully saturated rings. The van der Waals surface area contributed by atoms with E-state index in [9.17, 15) is 0 Å². The van der Waals surface area contributed by atoms with E-state index in [-0.39, 0.29) is 0 Å². The molecule has 0 aliphatic rings. The van der Waals surface area contributed by atoms with E-state index in [1.807, 2.05) is 0 Å². The van der Waals surface area contributed by atoms with E-state index in [1.165, 1.54) is 127 Å². The monoisotopic (exact) mass is 844 g/mol. The SMILES string of the molecule is Cc1cc(Cc2ccc(Cc3cc(C)c(OCCCCCCn4c5ccccc5c5ccccc54)c(C)c3)cc2)cc(C)c1OCCCCCCn1c2ccccc2c2ccccc21. The second kappa shape index (κ2) is 20.1. The van der Waals surface area contributed by atoms with Crippen molar-refractivity contribution >= 4 is 43.6 Å². The third-order valence-electron chi connectivity index (χ3n) is 13.3. The fraction of sp³-hybridized carbons (Fsp3) is 0.300. The summed E-state index contributed by atoms with van der Waals surface area (Å²) in [6, 6.07) is 53.6. The first-order chi connectivity index (χ1) is 31.4. The smallest absolute Gasteiger partial charge is 0.125 e. The van der Waals surface area contributed by atoms with E-state index >= 15 is 0 Å². The molecule has 0 unspecified atom stereocenters. The maximum atomic E-state index is 6.39. The highest BCUT2D eigenvalue weighted by Gasteiger charge is 2.13. The number of para-hydroxylation sites is 4. The number of unbranched alkanes of at least 4 members (excludes halogenated alkanes) is 6. The van der Waals surface area contributed by atoms with Crippen molar-refractivity contribution in [1.29, 1.82) is 0 Å². The highest BCUT2D eigenvalue weighted by Crippen LogP contribution is 2.32. The minimum Gasteiger partial charge on any atom is -0.493 e. The Morgan fingerprint density at radius 3 is 0.953 bits per heavy atom. The van der Waals surface area contributed by atoms with Crippen molar-refractivity contribution in [2.75, 3.05) is 13.2 Å². The summed E-state index contributed by atoms with van der Waals surface area (Å²) in [6.45, 7) is 12.4. The van der Waals surface area contributed by atoms with Crippen molar-refractivity contribution in [2.24, 2.45) is 0 Å². The zero-order valence-electron chi connectivity index (χ0n) is 38.5. The Labute approximate surface area is 380 Å². The summed E-state index contributed by atoms with van der Waals surface area (Å²) in [7, 11) is 0. The Kier molecular flexibility index (Phi) is 13.5. The van der Waals surface area contributed by atoms with Gasteiger partial charge >= 0.3 is 0 Å². The molecule has 9 rings (SSSR count). The molecule has 0 amide bonds. The van der Waals surface area contributed by atoms with E-state index in [0.717, 1.165) is 63.5 Å². The Morgan fingerprint density at radius 1 is 0.328 bits per heavy atom. The fourth-order valence-electron chi connectivity index (χ4n) is 10.3. The number of aryl methyl sites for hydroxylation is 6. The highest BCUT2D eigenvalue weighted by molar-refractivity contribution is 6.08. The van der Waals surface area contributed by atoms with Gasteiger partial charge in [0.05, 0.1) is 13.2 Å². The van der Waals surface area contributed by atoms with Crippen LogP contribution in [0.5, 0.6) is 11.5 Å². The summed E-state index contributed by atoms with van der Waals surface area (Å²) >= 11 is 0. The van der Waals surface area contributed by atoms with Crippen LogP contribution in [0, 0.1) is 27.7 Å². The number of ether oxygens (including phenoxy) is 2. The molecule has 64 heavy (non-hydrogen) atoms. The van der Waals surface area contributed by atoms with E-state index in [1.54, 1.807) is 0 Å². The van der Waals surface area contributed by atoms with E-state index in [4.69, 9.17) is 9.47 Å². The zero-order valence-corrected chi connectivity index (χ0v) is 38.5. The molecule has 0 spiro atoms. The van der Waals surface area contributed by atoms with Gasteiger partial charge in [0.15, 0.2) is 0 Å². The van der Waals surface area contributed by atoms with Gasteiger partial charge in [-0.3, -0.25) is 0 Å². The summed E-state index contributed by atoms with van der Waals surface area (Å²) < 4.78 is 17.8. The van der Waals surface area contributed by atoms with Crippen molar-refractivity contribution in [1.82, 2.24) is 9.13 Å². The second-order valence-electron chi connectivity index (χ2n) is 18.2. The van der Waals surface area contributed by atoms with Crippen LogP contribution >= 0.6 is 0 Å². The summed E-state index contributed by atoms with van der Waals surface area (Å²) in [5.74, 6) is 2.10. The van der Waals surface area contributed by atoms with Crippen LogP contribution in [-0.4, -0.2) is 22.3 Å². The molecule has 0 N–H and O–H groups in total. The number of aromatic nitrogens is 2. The summed E-state index contributed by atoms with van der Waals surface area (Å²) in [5, 5.41) is 5.41. The number of hydrogen-bond acceptors (Lipinski definition) is 2. The van der Waals surface area contributed by atoms with E-state index < -0.39 is 0 Å². The molecule has 0 atom stereocenters. The molecule has 0 saturated heterocycles. The van der Waals surface area contributed by atoms with Gasteiger partial charge in [-0.15, -0.1) is 0 Å². The van der Waals surface area contributed by atoms with Crippen molar-refractivity contribution in [2.45, 2.75) is 105 Å². The molecule has 0 aliphatic heterocycles. The Morgan fingerprint density at radius 2 is 0.625 bits per heavy atom. The zero-order chi connectivity index (χ0) is 43.8. The third-order valence-corrected chi connectivity index (χ3v) is 13.3. The molecule has 326 valence electrons. The molecule has 0 aliphatic carbocycles. The maximum absolute atomic E-state index is 6.39. The number of rotatable bonds is 20. The molecule has 2 heterocycles. The molecule has 0 bridgehead atoms. The van der Waals surface area contributed by atoms with Crippen LogP contribution in [-0.2, 0) is 25.9 Å². The molecule has 7 aromatic carbocycles. The summed E-state index contributed by atoms with van der Waals surface area (Å²) in [6.07, 6.45) is 11.1. The predicted molar refractivity (Wildman–Crippen MR) is 271 cm³/mol. The van der Waals surface area contributed by atoms with Crippen LogP contribution in [0.2, 0.25) is 0 Å². The molecule has 4 heteroatoms. The first-order valence-corrected chi connectivity index (χ1v) is 23.9. The normalized spacial score (nSPS) is 11.7. The van der Waals surface area contributed by atoms with Gasteiger partial charge in [0.2, 0.25) is 0 Å². The number of nitrogens with zero attached hydrogens (tertiary/aromatic N) is 2. The minimum absolute atomic E-state index is 0.763. The average Bonchev–Trinajstić information content (AvgIpc) is 3.80. The summed E-state index contributed by atoms with van der Waals surface area (Å²) in [5.41, 5.74) is 15.6. The molecule has 9 aromatic rings. The molecular weight excluding hydrogens is 781 g/mol. The average molecular weight is 845 g/mol. The van der Waals surface area contributed by atoms with Crippen LogP contribution < -0.4 is 9.47 Å². The minimum atomic E-state index is 0.763. The van der Waals surface area contributed by atoms with Crippen molar-refractivity contribution in [3.05, 3.63) is 190 Å². The Hall–Kier alpha value is -6.26. The first kappa shape index (κ1) is 43.0. The van der Waals surface area contributed by atoms with Crippen LogP contribution in [0.15, 0.2) is 146 Å². The van der Waals surface area contributed by atoms with Gasteiger partial charge in [0.25, 0.3) is 0 Å². The maximum Gasteiger partial charge on any atom is 0.125 e. The molecule has 4 nitrogen and oxygen atoms in total.